The number of rotatable bonds is 6. The quantitative estimate of drug-likeness (QED) is 0.630. The lowest BCUT2D eigenvalue weighted by molar-refractivity contribution is -0.384. The molecule has 130 valence electrons. The van der Waals surface area contributed by atoms with Gasteiger partial charge in [-0.25, -0.2) is 0 Å². The van der Waals surface area contributed by atoms with E-state index in [1.807, 2.05) is 6.92 Å². The number of aryl methyl sites for hydroxylation is 1. The molecule has 0 radical (unpaired) electrons. The summed E-state index contributed by atoms with van der Waals surface area (Å²) in [6.45, 7) is 4.35. The second-order valence-electron chi connectivity index (χ2n) is 6.00. The SMILES string of the molecule is COC[C@@H](C)N1C[C@H](C(=O)Nc2cc([N+](=O)[O-])ccc2C)CC1=O. The molecule has 2 rings (SSSR count). The van der Waals surface area contributed by atoms with Crippen LogP contribution in [0.5, 0.6) is 0 Å². The number of hydrogen-bond acceptors (Lipinski definition) is 5. The third-order valence-electron chi connectivity index (χ3n) is 4.16. The second-order valence-corrected chi connectivity index (χ2v) is 6.00. The maximum Gasteiger partial charge on any atom is 0.271 e. The molecule has 1 heterocycles. The van der Waals surface area contributed by atoms with Crippen molar-refractivity contribution in [3.63, 3.8) is 0 Å². The molecule has 8 nitrogen and oxygen atoms in total. The largest absolute Gasteiger partial charge is 0.383 e. The fourth-order valence-corrected chi connectivity index (χ4v) is 2.76. The summed E-state index contributed by atoms with van der Waals surface area (Å²) in [7, 11) is 1.56. The van der Waals surface area contributed by atoms with Gasteiger partial charge in [-0.1, -0.05) is 6.07 Å². The summed E-state index contributed by atoms with van der Waals surface area (Å²) in [4.78, 5) is 36.5. The van der Waals surface area contributed by atoms with Gasteiger partial charge in [-0.2, -0.15) is 0 Å². The number of benzene rings is 1. The van der Waals surface area contributed by atoms with E-state index < -0.39 is 10.8 Å². The highest BCUT2D eigenvalue weighted by Crippen LogP contribution is 2.25. The van der Waals surface area contributed by atoms with Crippen molar-refractivity contribution in [2.75, 3.05) is 25.6 Å². The first kappa shape index (κ1) is 17.9. The van der Waals surface area contributed by atoms with Gasteiger partial charge >= 0.3 is 0 Å². The number of amides is 2. The molecule has 2 atom stereocenters. The van der Waals surface area contributed by atoms with Gasteiger partial charge in [-0.05, 0) is 19.4 Å². The lowest BCUT2D eigenvalue weighted by Gasteiger charge is -2.24. The first-order chi connectivity index (χ1) is 11.3. The molecule has 1 fully saturated rings. The summed E-state index contributed by atoms with van der Waals surface area (Å²) in [6, 6.07) is 4.20. The highest BCUT2D eigenvalue weighted by Gasteiger charge is 2.36. The van der Waals surface area contributed by atoms with Gasteiger partial charge in [0.25, 0.3) is 5.69 Å². The van der Waals surface area contributed by atoms with Crippen LogP contribution in [0.15, 0.2) is 18.2 Å². The number of nitrogens with zero attached hydrogens (tertiary/aromatic N) is 2. The lowest BCUT2D eigenvalue weighted by atomic mass is 10.1. The monoisotopic (exact) mass is 335 g/mol. The molecule has 0 aromatic heterocycles. The van der Waals surface area contributed by atoms with E-state index in [0.717, 1.165) is 5.56 Å². The minimum absolute atomic E-state index is 0.0875. The Bertz CT molecular complexity index is 661. The minimum atomic E-state index is -0.512. The van der Waals surface area contributed by atoms with Crippen molar-refractivity contribution >= 4 is 23.2 Å². The Kier molecular flexibility index (Phi) is 5.50. The summed E-state index contributed by atoms with van der Waals surface area (Å²) in [6.07, 6.45) is 0.133. The number of likely N-dealkylation sites (tertiary alicyclic amines) is 1. The molecule has 8 heteroatoms. The summed E-state index contributed by atoms with van der Waals surface area (Å²) in [5.41, 5.74) is 1.03. The third kappa shape index (κ3) is 3.88. The summed E-state index contributed by atoms with van der Waals surface area (Å²) in [5, 5.41) is 13.6. The number of nitro groups is 1. The van der Waals surface area contributed by atoms with E-state index in [2.05, 4.69) is 5.32 Å². The van der Waals surface area contributed by atoms with Crippen molar-refractivity contribution in [3.8, 4) is 0 Å². The zero-order valence-corrected chi connectivity index (χ0v) is 13.9. The number of carbonyl (C=O) groups is 2. The van der Waals surface area contributed by atoms with Gasteiger partial charge in [0.15, 0.2) is 0 Å². The van der Waals surface area contributed by atoms with Crippen molar-refractivity contribution in [2.24, 2.45) is 5.92 Å². The van der Waals surface area contributed by atoms with E-state index in [0.29, 0.717) is 18.8 Å². The Morgan fingerprint density at radius 2 is 2.25 bits per heavy atom. The molecule has 2 amide bonds. The summed E-state index contributed by atoms with van der Waals surface area (Å²) < 4.78 is 5.05. The Morgan fingerprint density at radius 3 is 2.88 bits per heavy atom. The van der Waals surface area contributed by atoms with Gasteiger partial charge in [0.2, 0.25) is 11.8 Å². The van der Waals surface area contributed by atoms with Crippen LogP contribution in [0.3, 0.4) is 0 Å². The maximum absolute atomic E-state index is 12.4. The molecule has 0 saturated carbocycles. The molecule has 1 aliphatic rings. The van der Waals surface area contributed by atoms with E-state index in [-0.39, 0.29) is 30.0 Å². The van der Waals surface area contributed by atoms with Crippen LogP contribution in [0, 0.1) is 23.0 Å². The first-order valence-corrected chi connectivity index (χ1v) is 7.67. The number of nitro benzene ring substituents is 1. The predicted octanol–water partition coefficient (Wildman–Crippen LogP) is 1.73. The van der Waals surface area contributed by atoms with Crippen molar-refractivity contribution in [1.82, 2.24) is 4.90 Å². The van der Waals surface area contributed by atoms with E-state index in [4.69, 9.17) is 4.74 Å². The van der Waals surface area contributed by atoms with E-state index in [1.165, 1.54) is 12.1 Å². The van der Waals surface area contributed by atoms with Crippen LogP contribution in [0.25, 0.3) is 0 Å². The Morgan fingerprint density at radius 1 is 1.54 bits per heavy atom. The predicted molar refractivity (Wildman–Crippen MR) is 87.6 cm³/mol. The Labute approximate surface area is 139 Å². The molecule has 1 N–H and O–H groups in total. The fourth-order valence-electron chi connectivity index (χ4n) is 2.76. The number of anilines is 1. The number of ether oxygens (including phenoxy) is 1. The fraction of sp³-hybridized carbons (Fsp3) is 0.500. The van der Waals surface area contributed by atoms with Crippen LogP contribution in [-0.4, -0.2) is 47.9 Å². The average Bonchev–Trinajstić information content (AvgIpc) is 2.91. The van der Waals surface area contributed by atoms with Gasteiger partial charge in [-0.3, -0.25) is 19.7 Å². The van der Waals surface area contributed by atoms with Crippen LogP contribution in [-0.2, 0) is 14.3 Å². The molecule has 24 heavy (non-hydrogen) atoms. The third-order valence-corrected chi connectivity index (χ3v) is 4.16. The molecular weight excluding hydrogens is 314 g/mol. The Hall–Kier alpha value is -2.48. The normalized spacial score (nSPS) is 18.5. The highest BCUT2D eigenvalue weighted by molar-refractivity contribution is 5.97. The second kappa shape index (κ2) is 7.39. The van der Waals surface area contributed by atoms with Crippen molar-refractivity contribution in [1.29, 1.82) is 0 Å². The molecule has 1 aromatic rings. The van der Waals surface area contributed by atoms with Crippen molar-refractivity contribution in [2.45, 2.75) is 26.3 Å². The van der Waals surface area contributed by atoms with E-state index in [1.54, 1.807) is 25.0 Å². The number of nitrogens with one attached hydrogen (secondary N) is 1. The molecular formula is C16H21N3O5. The topological polar surface area (TPSA) is 102 Å². The number of non-ortho nitro benzene ring substituents is 1. The van der Waals surface area contributed by atoms with Gasteiger partial charge < -0.3 is 15.0 Å². The Balaban J connectivity index is 2.07. The zero-order chi connectivity index (χ0) is 17.9. The smallest absolute Gasteiger partial charge is 0.271 e. The average molecular weight is 335 g/mol. The first-order valence-electron chi connectivity index (χ1n) is 7.67. The van der Waals surface area contributed by atoms with Crippen LogP contribution in [0.2, 0.25) is 0 Å². The summed E-state index contributed by atoms with van der Waals surface area (Å²) in [5.74, 6) is -0.870. The maximum atomic E-state index is 12.4. The number of methoxy groups -OCH3 is 1. The lowest BCUT2D eigenvalue weighted by Crippen LogP contribution is -2.38. The van der Waals surface area contributed by atoms with Gasteiger partial charge in [0, 0.05) is 32.2 Å². The highest BCUT2D eigenvalue weighted by atomic mass is 16.6. The minimum Gasteiger partial charge on any atom is -0.383 e. The zero-order valence-electron chi connectivity index (χ0n) is 13.9. The van der Waals surface area contributed by atoms with Crippen LogP contribution in [0.4, 0.5) is 11.4 Å². The molecule has 0 spiro atoms. The van der Waals surface area contributed by atoms with Gasteiger partial charge in [0.05, 0.1) is 29.2 Å². The molecule has 0 bridgehead atoms. The summed E-state index contributed by atoms with van der Waals surface area (Å²) >= 11 is 0. The van der Waals surface area contributed by atoms with E-state index >= 15 is 0 Å². The number of carbonyl (C=O) groups excluding carboxylic acids is 2. The van der Waals surface area contributed by atoms with Crippen LogP contribution >= 0.6 is 0 Å². The molecule has 1 saturated heterocycles. The molecule has 0 aliphatic carbocycles. The molecule has 0 unspecified atom stereocenters. The molecule has 1 aliphatic heterocycles. The standard InChI is InChI=1S/C16H21N3O5/c1-10-4-5-13(19(22)23)7-14(10)17-16(21)12-6-15(20)18(8-12)11(2)9-24-3/h4-5,7,11-12H,6,8-9H2,1-3H3,(H,17,21)/t11-,12-/m1/s1. The van der Waals surface area contributed by atoms with Crippen LogP contribution < -0.4 is 5.32 Å². The molecule has 1 aromatic carbocycles. The van der Waals surface area contributed by atoms with E-state index in [9.17, 15) is 19.7 Å². The number of hydrogen-bond donors (Lipinski definition) is 1. The van der Waals surface area contributed by atoms with Crippen molar-refractivity contribution in [3.05, 3.63) is 33.9 Å². The van der Waals surface area contributed by atoms with Crippen LogP contribution in [0.1, 0.15) is 18.9 Å². The van der Waals surface area contributed by atoms with Gasteiger partial charge in [0.1, 0.15) is 0 Å². The van der Waals surface area contributed by atoms with Crippen molar-refractivity contribution < 1.29 is 19.2 Å². The van der Waals surface area contributed by atoms with Gasteiger partial charge in [-0.15, -0.1) is 0 Å².